The van der Waals surface area contributed by atoms with Gasteiger partial charge < -0.3 is 29.6 Å². The zero-order chi connectivity index (χ0) is 29.2. The van der Waals surface area contributed by atoms with Crippen LogP contribution in [0.1, 0.15) is 93.9 Å². The minimum absolute atomic E-state index is 0.285. The summed E-state index contributed by atoms with van der Waals surface area (Å²) in [6.45, 7) is 15.1. The van der Waals surface area contributed by atoms with Crippen LogP contribution in [0.4, 0.5) is 9.59 Å². The monoisotopic (exact) mass is 580 g/mol. The van der Waals surface area contributed by atoms with Crippen LogP contribution in [-0.4, -0.2) is 72.1 Å². The summed E-state index contributed by atoms with van der Waals surface area (Å²) in [6.07, 6.45) is 2.89. The molecule has 0 aromatic heterocycles. The highest BCUT2D eigenvalue weighted by molar-refractivity contribution is 8.76. The number of nitrogens with one attached hydrogen (secondary N) is 2. The molecule has 2 atom stereocenters. The third kappa shape index (κ3) is 20.2. The fourth-order valence-electron chi connectivity index (χ4n) is 2.67. The molecule has 0 fully saturated rings. The third-order valence-corrected chi connectivity index (χ3v) is 6.97. The summed E-state index contributed by atoms with van der Waals surface area (Å²) in [4.78, 5) is 49.4. The highest BCUT2D eigenvalue weighted by Crippen LogP contribution is 2.24. The molecule has 0 aromatic rings. The SMILES string of the molecule is CCCCOC(=O)C(CSSCCC[C@H](NC(=O)OC(C)(C)C)C(=O)OCCCC)NC(=O)OC(C)(C)C. The van der Waals surface area contributed by atoms with Gasteiger partial charge in [-0.3, -0.25) is 0 Å². The molecule has 0 spiro atoms. The lowest BCUT2D eigenvalue weighted by atomic mass is 10.1. The van der Waals surface area contributed by atoms with Crippen LogP contribution in [0, 0.1) is 0 Å². The minimum atomic E-state index is -0.852. The molecule has 0 aliphatic rings. The Balaban J connectivity index is 4.81. The fraction of sp³-hybridized carbons (Fsp3) is 0.846. The van der Waals surface area contributed by atoms with Crippen molar-refractivity contribution in [3.8, 4) is 0 Å². The molecule has 0 aromatic carbocycles. The second-order valence-corrected chi connectivity index (χ2v) is 13.3. The van der Waals surface area contributed by atoms with E-state index in [9.17, 15) is 19.2 Å². The molecular formula is C26H48N2O8S2. The van der Waals surface area contributed by atoms with E-state index in [2.05, 4.69) is 10.6 Å². The van der Waals surface area contributed by atoms with Gasteiger partial charge in [0.25, 0.3) is 0 Å². The number of amides is 2. The zero-order valence-corrected chi connectivity index (χ0v) is 25.9. The number of rotatable bonds is 17. The average molecular weight is 581 g/mol. The quantitative estimate of drug-likeness (QED) is 0.0967. The van der Waals surface area contributed by atoms with E-state index in [1.165, 1.54) is 21.6 Å². The predicted molar refractivity (Wildman–Crippen MR) is 152 cm³/mol. The molecule has 0 bridgehead atoms. The number of esters is 2. The number of carbonyl (C=O) groups is 4. The average Bonchev–Trinajstić information content (AvgIpc) is 2.77. The van der Waals surface area contributed by atoms with Crippen LogP contribution < -0.4 is 10.6 Å². The maximum Gasteiger partial charge on any atom is 0.408 e. The van der Waals surface area contributed by atoms with E-state index in [1.54, 1.807) is 41.5 Å². The summed E-state index contributed by atoms with van der Waals surface area (Å²) in [5.41, 5.74) is -1.38. The van der Waals surface area contributed by atoms with E-state index in [0.29, 0.717) is 31.8 Å². The second kappa shape index (κ2) is 19.3. The predicted octanol–water partition coefficient (Wildman–Crippen LogP) is 5.62. The molecule has 0 aliphatic heterocycles. The zero-order valence-electron chi connectivity index (χ0n) is 24.3. The van der Waals surface area contributed by atoms with Crippen LogP contribution in [-0.2, 0) is 28.5 Å². The van der Waals surface area contributed by atoms with Crippen LogP contribution in [0.5, 0.6) is 0 Å². The molecule has 0 rings (SSSR count). The van der Waals surface area contributed by atoms with Crippen molar-refractivity contribution in [2.45, 2.75) is 117 Å². The Morgan fingerprint density at radius 3 is 1.58 bits per heavy atom. The number of alkyl carbamates (subject to hydrolysis) is 2. The third-order valence-electron chi connectivity index (χ3n) is 4.47. The van der Waals surface area contributed by atoms with E-state index < -0.39 is 47.4 Å². The molecule has 0 aliphatic carbocycles. The van der Waals surface area contributed by atoms with Gasteiger partial charge in [-0.15, -0.1) is 0 Å². The Kier molecular flexibility index (Phi) is 18.3. The van der Waals surface area contributed by atoms with Crippen molar-refractivity contribution in [1.82, 2.24) is 10.6 Å². The number of carbonyl (C=O) groups excluding carboxylic acids is 4. The number of unbranched alkanes of at least 4 members (excludes halogenated alkanes) is 2. The van der Waals surface area contributed by atoms with E-state index in [4.69, 9.17) is 18.9 Å². The summed E-state index contributed by atoms with van der Waals surface area (Å²) in [6, 6.07) is -1.67. The first-order chi connectivity index (χ1) is 17.7. The molecule has 12 heteroatoms. The first-order valence-corrected chi connectivity index (χ1v) is 15.7. The van der Waals surface area contributed by atoms with Crippen LogP contribution in [0.25, 0.3) is 0 Å². The molecule has 222 valence electrons. The van der Waals surface area contributed by atoms with E-state index in [-0.39, 0.29) is 5.75 Å². The Hall–Kier alpha value is -1.82. The molecule has 10 nitrogen and oxygen atoms in total. The summed E-state index contributed by atoms with van der Waals surface area (Å²) >= 11 is 0. The van der Waals surface area contributed by atoms with Gasteiger partial charge in [0.15, 0.2) is 0 Å². The molecule has 2 amide bonds. The van der Waals surface area contributed by atoms with Gasteiger partial charge in [-0.25, -0.2) is 19.2 Å². The van der Waals surface area contributed by atoms with Crippen molar-refractivity contribution in [3.63, 3.8) is 0 Å². The summed E-state index contributed by atoms with van der Waals surface area (Å²) in [7, 11) is 2.90. The van der Waals surface area contributed by atoms with Crippen molar-refractivity contribution in [3.05, 3.63) is 0 Å². The maximum absolute atomic E-state index is 12.5. The molecule has 0 heterocycles. The Labute approximate surface area is 236 Å². The summed E-state index contributed by atoms with van der Waals surface area (Å²) < 4.78 is 21.1. The Morgan fingerprint density at radius 2 is 1.13 bits per heavy atom. The number of ether oxygens (including phenoxy) is 4. The lowest BCUT2D eigenvalue weighted by Crippen LogP contribution is -2.45. The van der Waals surface area contributed by atoms with Gasteiger partial charge in [-0.05, 0) is 67.2 Å². The topological polar surface area (TPSA) is 129 Å². The molecule has 2 N–H and O–H groups in total. The fourth-order valence-corrected chi connectivity index (χ4v) is 4.93. The van der Waals surface area contributed by atoms with Gasteiger partial charge in [0.1, 0.15) is 23.3 Å². The van der Waals surface area contributed by atoms with Crippen LogP contribution in [0.3, 0.4) is 0 Å². The van der Waals surface area contributed by atoms with Crippen molar-refractivity contribution in [1.29, 1.82) is 0 Å². The van der Waals surface area contributed by atoms with Gasteiger partial charge >= 0.3 is 24.1 Å². The van der Waals surface area contributed by atoms with Gasteiger partial charge in [-0.1, -0.05) is 48.3 Å². The lowest BCUT2D eigenvalue weighted by Gasteiger charge is -2.23. The van der Waals surface area contributed by atoms with Crippen molar-refractivity contribution >= 4 is 45.7 Å². The van der Waals surface area contributed by atoms with Crippen molar-refractivity contribution in [2.75, 3.05) is 24.7 Å². The standard InChI is InChI=1S/C26H48N2O8S2/c1-9-11-15-33-21(29)19(27-23(31)35-25(3,4)5)14-13-17-37-38-18-20(22(30)34-16-12-10-2)28-24(32)36-26(6,7)8/h19-20H,9-18H2,1-8H3,(H,27,31)(H,28,32)/t19-,20?/m0/s1. The molecule has 38 heavy (non-hydrogen) atoms. The maximum atomic E-state index is 12.5. The van der Waals surface area contributed by atoms with Crippen LogP contribution in [0.15, 0.2) is 0 Å². The van der Waals surface area contributed by atoms with E-state index in [0.717, 1.165) is 25.7 Å². The summed E-state index contributed by atoms with van der Waals surface area (Å²) in [5.74, 6) is -0.0657. The molecule has 1 unspecified atom stereocenters. The lowest BCUT2D eigenvalue weighted by molar-refractivity contribution is -0.147. The summed E-state index contributed by atoms with van der Waals surface area (Å²) in [5, 5.41) is 5.21. The van der Waals surface area contributed by atoms with Gasteiger partial charge in [0.2, 0.25) is 0 Å². The van der Waals surface area contributed by atoms with Crippen LogP contribution >= 0.6 is 21.6 Å². The Morgan fingerprint density at radius 1 is 0.684 bits per heavy atom. The van der Waals surface area contributed by atoms with Crippen LogP contribution in [0.2, 0.25) is 0 Å². The van der Waals surface area contributed by atoms with Gasteiger partial charge in [0, 0.05) is 11.5 Å². The first kappa shape index (κ1) is 36.2. The van der Waals surface area contributed by atoms with Crippen molar-refractivity contribution in [2.24, 2.45) is 0 Å². The van der Waals surface area contributed by atoms with Gasteiger partial charge in [-0.2, -0.15) is 0 Å². The first-order valence-electron chi connectivity index (χ1n) is 13.2. The minimum Gasteiger partial charge on any atom is -0.464 e. The smallest absolute Gasteiger partial charge is 0.408 e. The Bertz CT molecular complexity index is 663. The molecule has 0 radical (unpaired) electrons. The molecule has 0 saturated heterocycles. The normalized spacial score (nSPS) is 13.2. The van der Waals surface area contributed by atoms with Gasteiger partial charge in [0.05, 0.1) is 13.2 Å². The molecular weight excluding hydrogens is 532 g/mol. The largest absolute Gasteiger partial charge is 0.464 e. The highest BCUT2D eigenvalue weighted by atomic mass is 33.1. The number of hydrogen-bond donors (Lipinski definition) is 2. The molecule has 0 saturated carbocycles. The number of hydrogen-bond acceptors (Lipinski definition) is 10. The van der Waals surface area contributed by atoms with E-state index in [1.807, 2.05) is 13.8 Å². The highest BCUT2D eigenvalue weighted by Gasteiger charge is 2.27. The van der Waals surface area contributed by atoms with E-state index >= 15 is 0 Å². The second-order valence-electron chi connectivity index (χ2n) is 10.7. The van der Waals surface area contributed by atoms with Crippen molar-refractivity contribution < 1.29 is 38.1 Å².